The van der Waals surface area contributed by atoms with Crippen molar-refractivity contribution in [3.05, 3.63) is 11.6 Å². The van der Waals surface area contributed by atoms with Crippen LogP contribution in [-0.4, -0.2) is 38.6 Å². The van der Waals surface area contributed by atoms with E-state index in [1.54, 1.807) is 5.57 Å². The lowest BCUT2D eigenvalue weighted by Crippen LogP contribution is -2.24. The van der Waals surface area contributed by atoms with Crippen LogP contribution in [0.3, 0.4) is 0 Å². The Hall–Kier alpha value is -0.340. The molecule has 0 aromatic heterocycles. The molecule has 1 N–H and O–H groups in total. The van der Waals surface area contributed by atoms with Gasteiger partial charge in [-0.25, -0.2) is 0 Å². The van der Waals surface area contributed by atoms with Crippen molar-refractivity contribution in [3.8, 4) is 0 Å². The molecular weight excluding hydrogens is 160 g/mol. The fraction of sp³-hybridized carbons (Fsp3) is 0.818. The standard InChI is InChI=1S/C11H22N2/c1-12-8-4-3-5-11-6-9-13(2)10-7-11/h6,12H,3-5,7-10H2,1-2H3. The van der Waals surface area contributed by atoms with E-state index in [0.717, 1.165) is 13.1 Å². The minimum absolute atomic E-state index is 1.15. The third-order valence-electron chi connectivity index (χ3n) is 2.68. The molecule has 0 bridgehead atoms. The number of hydrogen-bond acceptors (Lipinski definition) is 2. The van der Waals surface area contributed by atoms with Crippen molar-refractivity contribution in [2.45, 2.75) is 25.7 Å². The minimum Gasteiger partial charge on any atom is -0.320 e. The van der Waals surface area contributed by atoms with Crippen LogP contribution in [0.25, 0.3) is 0 Å². The van der Waals surface area contributed by atoms with Gasteiger partial charge >= 0.3 is 0 Å². The fourth-order valence-electron chi connectivity index (χ4n) is 1.69. The Balaban J connectivity index is 2.08. The smallest absolute Gasteiger partial charge is 0.0162 e. The van der Waals surface area contributed by atoms with Crippen LogP contribution < -0.4 is 5.32 Å². The highest BCUT2D eigenvalue weighted by Crippen LogP contribution is 2.15. The van der Waals surface area contributed by atoms with E-state index in [0.29, 0.717) is 0 Å². The molecule has 0 radical (unpaired) electrons. The molecule has 13 heavy (non-hydrogen) atoms. The van der Waals surface area contributed by atoms with Crippen LogP contribution in [0.1, 0.15) is 25.7 Å². The van der Waals surface area contributed by atoms with Gasteiger partial charge < -0.3 is 10.2 Å². The van der Waals surface area contributed by atoms with Crippen LogP contribution in [-0.2, 0) is 0 Å². The summed E-state index contributed by atoms with van der Waals surface area (Å²) in [5.41, 5.74) is 1.68. The number of nitrogens with zero attached hydrogens (tertiary/aromatic N) is 1. The van der Waals surface area contributed by atoms with Crippen LogP contribution in [0.5, 0.6) is 0 Å². The molecule has 1 aliphatic rings. The second-order valence-corrected chi connectivity index (χ2v) is 3.94. The summed E-state index contributed by atoms with van der Waals surface area (Å²) in [5, 5.41) is 3.18. The molecule has 1 heterocycles. The number of rotatable bonds is 5. The Morgan fingerprint density at radius 2 is 2.31 bits per heavy atom. The van der Waals surface area contributed by atoms with E-state index in [-0.39, 0.29) is 0 Å². The lowest BCUT2D eigenvalue weighted by molar-refractivity contribution is 0.355. The van der Waals surface area contributed by atoms with Gasteiger partial charge in [0.25, 0.3) is 0 Å². The zero-order valence-electron chi connectivity index (χ0n) is 8.97. The van der Waals surface area contributed by atoms with E-state index in [4.69, 9.17) is 0 Å². The molecule has 1 rings (SSSR count). The number of hydrogen-bond donors (Lipinski definition) is 1. The molecule has 2 heteroatoms. The molecular formula is C11H22N2. The average Bonchev–Trinajstić information content (AvgIpc) is 2.15. The first-order valence-electron chi connectivity index (χ1n) is 5.34. The summed E-state index contributed by atoms with van der Waals surface area (Å²) in [6.07, 6.45) is 7.66. The monoisotopic (exact) mass is 182 g/mol. The van der Waals surface area contributed by atoms with Gasteiger partial charge in [-0.05, 0) is 46.3 Å². The van der Waals surface area contributed by atoms with Crippen molar-refractivity contribution < 1.29 is 0 Å². The molecule has 0 spiro atoms. The van der Waals surface area contributed by atoms with Gasteiger partial charge in [-0.3, -0.25) is 0 Å². The number of unbranched alkanes of at least 4 members (excludes halogenated alkanes) is 1. The van der Waals surface area contributed by atoms with Gasteiger partial charge in [0.1, 0.15) is 0 Å². The molecule has 0 atom stereocenters. The predicted molar refractivity (Wildman–Crippen MR) is 58.0 cm³/mol. The Morgan fingerprint density at radius 1 is 1.46 bits per heavy atom. The highest BCUT2D eigenvalue weighted by atomic mass is 15.1. The fourth-order valence-corrected chi connectivity index (χ4v) is 1.69. The largest absolute Gasteiger partial charge is 0.320 e. The van der Waals surface area contributed by atoms with E-state index >= 15 is 0 Å². The van der Waals surface area contributed by atoms with E-state index in [2.05, 4.69) is 23.3 Å². The van der Waals surface area contributed by atoms with E-state index < -0.39 is 0 Å². The van der Waals surface area contributed by atoms with E-state index in [1.165, 1.54) is 32.2 Å². The average molecular weight is 182 g/mol. The molecule has 1 aliphatic heterocycles. The van der Waals surface area contributed by atoms with Gasteiger partial charge in [-0.2, -0.15) is 0 Å². The Morgan fingerprint density at radius 3 is 2.92 bits per heavy atom. The zero-order chi connectivity index (χ0) is 9.52. The molecule has 0 amide bonds. The van der Waals surface area contributed by atoms with Gasteiger partial charge in [0.2, 0.25) is 0 Å². The topological polar surface area (TPSA) is 15.3 Å². The normalized spacial score (nSPS) is 18.8. The van der Waals surface area contributed by atoms with Crippen LogP contribution in [0.2, 0.25) is 0 Å². The molecule has 0 aliphatic carbocycles. The first-order chi connectivity index (χ1) is 6.33. The van der Waals surface area contributed by atoms with Crippen molar-refractivity contribution in [1.29, 1.82) is 0 Å². The Kier molecular flexibility index (Phi) is 5.09. The lowest BCUT2D eigenvalue weighted by Gasteiger charge is -2.21. The summed E-state index contributed by atoms with van der Waals surface area (Å²) in [6.45, 7) is 3.56. The first-order valence-corrected chi connectivity index (χ1v) is 5.34. The quantitative estimate of drug-likeness (QED) is 0.513. The summed E-state index contributed by atoms with van der Waals surface area (Å²) in [6, 6.07) is 0. The van der Waals surface area contributed by atoms with Crippen LogP contribution >= 0.6 is 0 Å². The predicted octanol–water partition coefficient (Wildman–Crippen LogP) is 1.64. The molecule has 0 aromatic rings. The maximum Gasteiger partial charge on any atom is 0.0162 e. The molecule has 76 valence electrons. The number of likely N-dealkylation sites (N-methyl/N-ethyl adjacent to an activating group) is 1. The molecule has 2 nitrogen and oxygen atoms in total. The maximum atomic E-state index is 3.18. The molecule has 0 saturated heterocycles. The van der Waals surface area contributed by atoms with Gasteiger partial charge in [0.05, 0.1) is 0 Å². The Bertz CT molecular complexity index is 163. The summed E-state index contributed by atoms with van der Waals surface area (Å²) in [5.74, 6) is 0. The minimum atomic E-state index is 1.15. The van der Waals surface area contributed by atoms with Crippen LogP contribution in [0.4, 0.5) is 0 Å². The summed E-state index contributed by atoms with van der Waals surface area (Å²) in [7, 11) is 4.21. The van der Waals surface area contributed by atoms with Gasteiger partial charge in [-0.1, -0.05) is 11.6 Å². The third-order valence-corrected chi connectivity index (χ3v) is 2.68. The first kappa shape index (κ1) is 10.7. The van der Waals surface area contributed by atoms with Crippen molar-refractivity contribution in [3.63, 3.8) is 0 Å². The SMILES string of the molecule is CNCCCCC1=CCN(C)CC1. The highest BCUT2D eigenvalue weighted by Gasteiger charge is 2.06. The van der Waals surface area contributed by atoms with Crippen molar-refractivity contribution in [2.75, 3.05) is 33.7 Å². The summed E-state index contributed by atoms with van der Waals surface area (Å²) < 4.78 is 0. The number of nitrogens with one attached hydrogen (secondary N) is 1. The van der Waals surface area contributed by atoms with E-state index in [1.807, 2.05) is 7.05 Å². The molecule has 0 aromatic carbocycles. The third kappa shape index (κ3) is 4.44. The van der Waals surface area contributed by atoms with Crippen LogP contribution in [0, 0.1) is 0 Å². The molecule has 0 fully saturated rings. The second kappa shape index (κ2) is 6.17. The van der Waals surface area contributed by atoms with Gasteiger partial charge in [0, 0.05) is 13.1 Å². The summed E-state index contributed by atoms with van der Waals surface area (Å²) in [4.78, 5) is 2.37. The van der Waals surface area contributed by atoms with Gasteiger partial charge in [0.15, 0.2) is 0 Å². The summed E-state index contributed by atoms with van der Waals surface area (Å²) >= 11 is 0. The lowest BCUT2D eigenvalue weighted by atomic mass is 10.0. The maximum absolute atomic E-state index is 3.18. The molecule has 0 saturated carbocycles. The van der Waals surface area contributed by atoms with E-state index in [9.17, 15) is 0 Å². The van der Waals surface area contributed by atoms with Crippen LogP contribution in [0.15, 0.2) is 11.6 Å². The highest BCUT2D eigenvalue weighted by molar-refractivity contribution is 5.06. The van der Waals surface area contributed by atoms with Crippen molar-refractivity contribution in [2.24, 2.45) is 0 Å². The van der Waals surface area contributed by atoms with Crippen molar-refractivity contribution >= 4 is 0 Å². The van der Waals surface area contributed by atoms with Gasteiger partial charge in [-0.15, -0.1) is 0 Å². The molecule has 0 unspecified atom stereocenters. The van der Waals surface area contributed by atoms with Crippen molar-refractivity contribution in [1.82, 2.24) is 10.2 Å². The second-order valence-electron chi connectivity index (χ2n) is 3.94. The Labute approximate surface area is 82.0 Å². The zero-order valence-corrected chi connectivity index (χ0v) is 8.97.